The van der Waals surface area contributed by atoms with Crippen LogP contribution in [0.5, 0.6) is 0 Å². The molecule has 0 saturated carbocycles. The molecule has 2 rings (SSSR count). The molecular formula is C14H20N6O2. The van der Waals surface area contributed by atoms with Crippen LogP contribution in [0.25, 0.3) is 0 Å². The van der Waals surface area contributed by atoms with Gasteiger partial charge in [-0.05, 0) is 6.92 Å². The first-order valence-corrected chi connectivity index (χ1v) is 6.95. The number of carbonyl (C=O) groups excluding carboxylic acids is 2. The number of imidazole rings is 2. The predicted octanol–water partition coefficient (Wildman–Crippen LogP) is 0.147. The fourth-order valence-corrected chi connectivity index (χ4v) is 2.18. The van der Waals surface area contributed by atoms with Crippen molar-refractivity contribution in [1.29, 1.82) is 0 Å². The molecule has 0 unspecified atom stereocenters. The highest BCUT2D eigenvalue weighted by molar-refractivity contribution is 5.86. The number of aromatic amines is 2. The van der Waals surface area contributed by atoms with E-state index in [-0.39, 0.29) is 11.8 Å². The summed E-state index contributed by atoms with van der Waals surface area (Å²) in [5.74, 6) is 0.274. The van der Waals surface area contributed by atoms with E-state index in [1.54, 1.807) is 25.8 Å². The number of aryl methyl sites for hydroxylation is 1. The van der Waals surface area contributed by atoms with E-state index in [9.17, 15) is 9.59 Å². The Bertz CT molecular complexity index is 634. The highest BCUT2D eigenvalue weighted by Gasteiger charge is 2.24. The van der Waals surface area contributed by atoms with Gasteiger partial charge in [0.05, 0.1) is 12.9 Å². The summed E-state index contributed by atoms with van der Waals surface area (Å²) in [5.41, 5.74) is 1.72. The summed E-state index contributed by atoms with van der Waals surface area (Å²) < 4.78 is 0. The molecule has 0 aliphatic rings. The fourth-order valence-electron chi connectivity index (χ4n) is 2.18. The minimum absolute atomic E-state index is 0.182. The van der Waals surface area contributed by atoms with Crippen molar-refractivity contribution in [1.82, 2.24) is 30.2 Å². The molecule has 2 aromatic rings. The molecule has 0 aliphatic carbocycles. The maximum absolute atomic E-state index is 12.6. The molecule has 8 heteroatoms. The molecule has 22 heavy (non-hydrogen) atoms. The second kappa shape index (κ2) is 6.88. The third-order valence-corrected chi connectivity index (χ3v) is 3.17. The van der Waals surface area contributed by atoms with Crippen molar-refractivity contribution in [3.8, 4) is 0 Å². The lowest BCUT2D eigenvalue weighted by Gasteiger charge is -2.23. The van der Waals surface area contributed by atoms with E-state index < -0.39 is 6.04 Å². The topological polar surface area (TPSA) is 107 Å². The molecule has 0 aromatic carbocycles. The Kier molecular flexibility index (Phi) is 4.92. The highest BCUT2D eigenvalue weighted by atomic mass is 16.2. The number of hydrogen-bond acceptors (Lipinski definition) is 4. The third-order valence-electron chi connectivity index (χ3n) is 3.17. The first kappa shape index (κ1) is 15.7. The second-order valence-corrected chi connectivity index (χ2v) is 5.24. The number of nitrogens with zero attached hydrogens (tertiary/aromatic N) is 3. The number of amides is 2. The summed E-state index contributed by atoms with van der Waals surface area (Å²) >= 11 is 0. The number of H-pyrrole nitrogens is 2. The van der Waals surface area contributed by atoms with Gasteiger partial charge in [0.1, 0.15) is 11.9 Å². The zero-order chi connectivity index (χ0) is 16.1. The van der Waals surface area contributed by atoms with Gasteiger partial charge in [-0.1, -0.05) is 0 Å². The number of rotatable bonds is 6. The molecule has 0 spiro atoms. The van der Waals surface area contributed by atoms with Crippen LogP contribution in [0.4, 0.5) is 0 Å². The number of aromatic nitrogens is 4. The van der Waals surface area contributed by atoms with Crippen LogP contribution >= 0.6 is 0 Å². The molecule has 0 saturated heterocycles. The Hall–Kier alpha value is -2.64. The molecule has 2 aromatic heterocycles. The van der Waals surface area contributed by atoms with Gasteiger partial charge in [-0.3, -0.25) is 9.59 Å². The van der Waals surface area contributed by atoms with E-state index >= 15 is 0 Å². The van der Waals surface area contributed by atoms with E-state index in [0.29, 0.717) is 18.8 Å². The number of hydrogen-bond donors (Lipinski definition) is 3. The number of nitrogens with one attached hydrogen (secondary N) is 3. The molecule has 1 atom stereocenters. The minimum atomic E-state index is -0.640. The van der Waals surface area contributed by atoms with Crippen LogP contribution in [-0.2, 0) is 22.6 Å². The normalized spacial score (nSPS) is 12.0. The van der Waals surface area contributed by atoms with Crippen LogP contribution in [0.3, 0.4) is 0 Å². The van der Waals surface area contributed by atoms with Crippen molar-refractivity contribution >= 4 is 11.8 Å². The Morgan fingerprint density at radius 3 is 2.73 bits per heavy atom. The van der Waals surface area contributed by atoms with Crippen molar-refractivity contribution in [3.63, 3.8) is 0 Å². The average Bonchev–Trinajstić information content (AvgIpc) is 3.08. The Balaban J connectivity index is 2.04. The van der Waals surface area contributed by atoms with E-state index in [1.807, 2.05) is 6.92 Å². The molecule has 118 valence electrons. The zero-order valence-electron chi connectivity index (χ0n) is 12.9. The second-order valence-electron chi connectivity index (χ2n) is 5.24. The Morgan fingerprint density at radius 1 is 1.41 bits per heavy atom. The first-order valence-electron chi connectivity index (χ1n) is 6.95. The van der Waals surface area contributed by atoms with E-state index in [2.05, 4.69) is 25.3 Å². The summed E-state index contributed by atoms with van der Waals surface area (Å²) in [6.07, 6.45) is 5.25. The molecule has 0 bridgehead atoms. The lowest BCUT2D eigenvalue weighted by Crippen LogP contribution is -2.47. The Morgan fingerprint density at radius 2 is 2.18 bits per heavy atom. The van der Waals surface area contributed by atoms with Crippen LogP contribution in [0, 0.1) is 6.92 Å². The van der Waals surface area contributed by atoms with E-state index in [0.717, 1.165) is 11.4 Å². The average molecular weight is 304 g/mol. The lowest BCUT2D eigenvalue weighted by atomic mass is 10.1. The predicted molar refractivity (Wildman–Crippen MR) is 79.7 cm³/mol. The van der Waals surface area contributed by atoms with Gasteiger partial charge in [0, 0.05) is 44.2 Å². The standard InChI is InChI=1S/C14H20N6O2/c1-9-5-16-13(18-9)7-20(3)14(22)12(19-10(2)21)4-11-6-15-8-17-11/h5-6,8,12H,4,7H2,1-3H3,(H,15,17)(H,16,18)(H,19,21)/t12-/m0/s1. The fraction of sp³-hybridized carbons (Fsp3) is 0.429. The maximum atomic E-state index is 12.6. The van der Waals surface area contributed by atoms with Gasteiger partial charge < -0.3 is 20.2 Å². The van der Waals surface area contributed by atoms with Crippen molar-refractivity contribution in [2.24, 2.45) is 0 Å². The van der Waals surface area contributed by atoms with Crippen molar-refractivity contribution < 1.29 is 9.59 Å². The quantitative estimate of drug-likeness (QED) is 0.706. The van der Waals surface area contributed by atoms with E-state index in [1.165, 1.54) is 11.8 Å². The van der Waals surface area contributed by atoms with Crippen molar-refractivity contribution in [2.75, 3.05) is 7.05 Å². The van der Waals surface area contributed by atoms with Gasteiger partial charge in [0.15, 0.2) is 0 Å². The molecular weight excluding hydrogens is 284 g/mol. The Labute approximate surface area is 128 Å². The molecule has 2 heterocycles. The van der Waals surface area contributed by atoms with E-state index in [4.69, 9.17) is 0 Å². The van der Waals surface area contributed by atoms with Crippen LogP contribution in [0.2, 0.25) is 0 Å². The van der Waals surface area contributed by atoms with Gasteiger partial charge in [0.2, 0.25) is 11.8 Å². The van der Waals surface area contributed by atoms with Crippen molar-refractivity contribution in [2.45, 2.75) is 32.9 Å². The molecule has 0 aliphatic heterocycles. The van der Waals surface area contributed by atoms with Gasteiger partial charge in [-0.15, -0.1) is 0 Å². The third kappa shape index (κ3) is 4.18. The largest absolute Gasteiger partial charge is 0.348 e. The van der Waals surface area contributed by atoms with Crippen LogP contribution in [0.1, 0.15) is 24.1 Å². The first-order chi connectivity index (χ1) is 10.5. The van der Waals surface area contributed by atoms with Gasteiger partial charge in [-0.2, -0.15) is 0 Å². The number of carbonyl (C=O) groups is 2. The highest BCUT2D eigenvalue weighted by Crippen LogP contribution is 2.05. The van der Waals surface area contributed by atoms with Gasteiger partial charge in [0.25, 0.3) is 0 Å². The van der Waals surface area contributed by atoms with Crippen LogP contribution in [-0.4, -0.2) is 49.7 Å². The molecule has 0 radical (unpaired) electrons. The smallest absolute Gasteiger partial charge is 0.245 e. The molecule has 3 N–H and O–H groups in total. The SMILES string of the molecule is CC(=O)N[C@@H](Cc1cnc[nH]1)C(=O)N(C)Cc1ncc(C)[nH]1. The lowest BCUT2D eigenvalue weighted by molar-refractivity contribution is -0.135. The van der Waals surface area contributed by atoms with Crippen molar-refractivity contribution in [3.05, 3.63) is 35.9 Å². The number of likely N-dealkylation sites (N-methyl/N-ethyl adjacent to an activating group) is 1. The van der Waals surface area contributed by atoms with Gasteiger partial charge in [-0.25, -0.2) is 9.97 Å². The monoisotopic (exact) mass is 304 g/mol. The maximum Gasteiger partial charge on any atom is 0.245 e. The summed E-state index contributed by atoms with van der Waals surface area (Å²) in [5, 5.41) is 2.68. The summed E-state index contributed by atoms with van der Waals surface area (Å²) in [6, 6.07) is -0.640. The molecule has 8 nitrogen and oxygen atoms in total. The zero-order valence-corrected chi connectivity index (χ0v) is 12.9. The summed E-state index contributed by atoms with van der Waals surface area (Å²) in [6.45, 7) is 3.64. The summed E-state index contributed by atoms with van der Waals surface area (Å²) in [7, 11) is 1.68. The molecule has 0 fully saturated rings. The molecule has 2 amide bonds. The van der Waals surface area contributed by atoms with Gasteiger partial charge >= 0.3 is 0 Å². The van der Waals surface area contributed by atoms with Crippen LogP contribution < -0.4 is 5.32 Å². The minimum Gasteiger partial charge on any atom is -0.348 e. The van der Waals surface area contributed by atoms with Crippen LogP contribution in [0.15, 0.2) is 18.7 Å². The summed E-state index contributed by atoms with van der Waals surface area (Å²) in [4.78, 5) is 39.6.